The van der Waals surface area contributed by atoms with Gasteiger partial charge in [0.05, 0.1) is 51.1 Å². The molecule has 2 atom stereocenters. The van der Waals surface area contributed by atoms with Gasteiger partial charge in [-0.3, -0.25) is 14.5 Å². The van der Waals surface area contributed by atoms with Gasteiger partial charge in [0, 0.05) is 12.7 Å². The average Bonchev–Trinajstić information content (AvgIpc) is 3.21. The van der Waals surface area contributed by atoms with Crippen LogP contribution in [0, 0.1) is 5.92 Å². The second-order valence-electron chi connectivity index (χ2n) is 7.51. The van der Waals surface area contributed by atoms with Crippen LogP contribution in [-0.4, -0.2) is 62.5 Å². The van der Waals surface area contributed by atoms with E-state index in [-0.39, 0.29) is 19.8 Å². The number of para-hydroxylation sites is 3. The van der Waals surface area contributed by atoms with Crippen molar-refractivity contribution in [3.63, 3.8) is 0 Å². The highest BCUT2D eigenvalue weighted by Gasteiger charge is 2.48. The summed E-state index contributed by atoms with van der Waals surface area (Å²) >= 11 is 0. The predicted molar refractivity (Wildman–Crippen MR) is 122 cm³/mol. The highest BCUT2D eigenvalue weighted by Crippen LogP contribution is 2.46. The fourth-order valence-electron chi connectivity index (χ4n) is 4.37. The Hall–Kier alpha value is -3.59. The van der Waals surface area contributed by atoms with Crippen LogP contribution >= 0.6 is 0 Å². The fraction of sp³-hybridized carbons (Fsp3) is 0.375. The second kappa shape index (κ2) is 9.50. The highest BCUT2D eigenvalue weighted by molar-refractivity contribution is 6.08. The first kappa shape index (κ1) is 22.6. The molecule has 0 bridgehead atoms. The Morgan fingerprint density at radius 2 is 1.85 bits per heavy atom. The molecule has 2 unspecified atom stereocenters. The number of anilines is 1. The van der Waals surface area contributed by atoms with Gasteiger partial charge < -0.3 is 23.5 Å². The van der Waals surface area contributed by atoms with Gasteiger partial charge in [0.1, 0.15) is 0 Å². The number of esters is 1. The summed E-state index contributed by atoms with van der Waals surface area (Å²) < 4.78 is 23.7. The van der Waals surface area contributed by atoms with Crippen LogP contribution in [0.4, 0.5) is 5.95 Å². The summed E-state index contributed by atoms with van der Waals surface area (Å²) in [6.45, 7) is 2.40. The third-order valence-electron chi connectivity index (χ3n) is 5.76. The lowest BCUT2D eigenvalue weighted by molar-refractivity contribution is -0.153. The van der Waals surface area contributed by atoms with Crippen molar-refractivity contribution in [2.24, 2.45) is 5.92 Å². The number of rotatable bonds is 8. The molecule has 0 saturated heterocycles. The van der Waals surface area contributed by atoms with E-state index in [9.17, 15) is 9.59 Å². The van der Waals surface area contributed by atoms with E-state index in [4.69, 9.17) is 23.9 Å². The van der Waals surface area contributed by atoms with Crippen LogP contribution in [0.3, 0.4) is 0 Å². The van der Waals surface area contributed by atoms with Gasteiger partial charge in [0.2, 0.25) is 11.9 Å². The third-order valence-corrected chi connectivity index (χ3v) is 5.76. The summed E-state index contributed by atoms with van der Waals surface area (Å²) in [5.74, 6) is -0.771. The Balaban J connectivity index is 2.03. The Labute approximate surface area is 191 Å². The minimum Gasteiger partial charge on any atom is -0.493 e. The summed E-state index contributed by atoms with van der Waals surface area (Å²) in [4.78, 5) is 33.2. The maximum Gasteiger partial charge on any atom is 0.321 e. The van der Waals surface area contributed by atoms with E-state index in [0.717, 1.165) is 5.52 Å². The molecule has 4 rings (SSSR count). The smallest absolute Gasteiger partial charge is 0.321 e. The zero-order valence-corrected chi connectivity index (χ0v) is 19.1. The molecule has 0 fully saturated rings. The topological polar surface area (TPSA) is 92.1 Å². The van der Waals surface area contributed by atoms with Gasteiger partial charge in [-0.25, -0.2) is 4.98 Å². The summed E-state index contributed by atoms with van der Waals surface area (Å²) in [7, 11) is 4.63. The second-order valence-corrected chi connectivity index (χ2v) is 7.51. The molecule has 0 saturated carbocycles. The number of hydrogen-bond donors (Lipinski definition) is 0. The van der Waals surface area contributed by atoms with Crippen molar-refractivity contribution in [2.75, 3.05) is 46.0 Å². The minimum absolute atomic E-state index is 0.153. The number of carbonyl (C=O) groups excluding carboxylic acids is 2. The van der Waals surface area contributed by atoms with E-state index >= 15 is 0 Å². The molecule has 2 aromatic carbocycles. The molecule has 1 aliphatic rings. The zero-order valence-electron chi connectivity index (χ0n) is 19.1. The Bertz CT molecular complexity index is 1170. The number of fused-ring (bicyclic) bond motifs is 3. The first-order chi connectivity index (χ1) is 16.1. The maximum atomic E-state index is 13.8. The number of aromatic nitrogens is 2. The fourth-order valence-corrected chi connectivity index (χ4v) is 4.37. The van der Waals surface area contributed by atoms with Crippen molar-refractivity contribution in [2.45, 2.75) is 13.0 Å². The van der Waals surface area contributed by atoms with E-state index in [1.54, 1.807) is 33.3 Å². The first-order valence-corrected chi connectivity index (χ1v) is 10.7. The van der Waals surface area contributed by atoms with Crippen molar-refractivity contribution >= 4 is 28.9 Å². The number of carbonyl (C=O) groups is 2. The van der Waals surface area contributed by atoms with Crippen molar-refractivity contribution in [1.29, 1.82) is 0 Å². The number of hydrogen-bond acceptors (Lipinski definition) is 7. The monoisotopic (exact) mass is 453 g/mol. The van der Waals surface area contributed by atoms with E-state index in [1.807, 2.05) is 34.9 Å². The van der Waals surface area contributed by atoms with E-state index in [1.165, 1.54) is 12.0 Å². The molecule has 0 aliphatic carbocycles. The van der Waals surface area contributed by atoms with Gasteiger partial charge in [-0.2, -0.15) is 0 Å². The molecule has 0 radical (unpaired) electrons. The predicted octanol–water partition coefficient (Wildman–Crippen LogP) is 2.82. The quantitative estimate of drug-likeness (QED) is 0.383. The Morgan fingerprint density at radius 3 is 2.55 bits per heavy atom. The van der Waals surface area contributed by atoms with Gasteiger partial charge >= 0.3 is 5.97 Å². The summed E-state index contributed by atoms with van der Waals surface area (Å²) in [5, 5.41) is 0. The molecule has 0 N–H and O–H groups in total. The number of imidazole rings is 1. The molecule has 1 aliphatic heterocycles. The number of benzene rings is 2. The molecular weight excluding hydrogens is 426 g/mol. The number of methoxy groups -OCH3 is 3. The van der Waals surface area contributed by atoms with Gasteiger partial charge in [0.15, 0.2) is 17.4 Å². The lowest BCUT2D eigenvalue weighted by atomic mass is 9.88. The van der Waals surface area contributed by atoms with Gasteiger partial charge in [0.25, 0.3) is 0 Å². The molecule has 33 heavy (non-hydrogen) atoms. The van der Waals surface area contributed by atoms with Gasteiger partial charge in [-0.1, -0.05) is 24.3 Å². The Morgan fingerprint density at radius 1 is 1.06 bits per heavy atom. The molecule has 1 amide bonds. The van der Waals surface area contributed by atoms with Crippen molar-refractivity contribution in [3.05, 3.63) is 48.0 Å². The largest absolute Gasteiger partial charge is 0.493 e. The molecule has 9 nitrogen and oxygen atoms in total. The normalized spacial score (nSPS) is 17.7. The molecule has 1 aromatic heterocycles. The maximum absolute atomic E-state index is 13.8. The third kappa shape index (κ3) is 3.78. The molecule has 3 aromatic rings. The molecule has 2 heterocycles. The lowest BCUT2D eigenvalue weighted by Gasteiger charge is -2.38. The molecule has 174 valence electrons. The molecule has 9 heteroatoms. The van der Waals surface area contributed by atoms with Crippen LogP contribution in [0.1, 0.15) is 18.5 Å². The SMILES string of the molecule is CCOC(=O)C1C(=O)N(CCOC)c2nc3ccccc3n2C1c1cccc(OC)c1OC. The highest BCUT2D eigenvalue weighted by atomic mass is 16.5. The number of nitrogens with zero attached hydrogens (tertiary/aromatic N) is 3. The lowest BCUT2D eigenvalue weighted by Crippen LogP contribution is -2.51. The summed E-state index contributed by atoms with van der Waals surface area (Å²) in [6.07, 6.45) is 0. The van der Waals surface area contributed by atoms with Gasteiger partial charge in [-0.15, -0.1) is 0 Å². The van der Waals surface area contributed by atoms with Crippen molar-refractivity contribution < 1.29 is 28.5 Å². The van der Waals surface area contributed by atoms with E-state index in [2.05, 4.69) is 0 Å². The van der Waals surface area contributed by atoms with Crippen LogP contribution in [0.5, 0.6) is 11.5 Å². The number of amides is 1. The summed E-state index contributed by atoms with van der Waals surface area (Å²) in [6, 6.07) is 12.2. The molecular formula is C24H27N3O6. The molecule has 0 spiro atoms. The standard InChI is InChI=1S/C24H27N3O6/c1-5-33-23(29)19-20(15-9-8-12-18(31-3)21(15)32-4)27-17-11-7-6-10-16(17)25-24(27)26(22(19)28)13-14-30-2/h6-12,19-20H,5,13-14H2,1-4H3. The van der Waals surface area contributed by atoms with E-state index in [0.29, 0.717) is 28.5 Å². The van der Waals surface area contributed by atoms with Crippen LogP contribution in [0.15, 0.2) is 42.5 Å². The van der Waals surface area contributed by atoms with Gasteiger partial charge in [-0.05, 0) is 25.1 Å². The average molecular weight is 453 g/mol. The van der Waals surface area contributed by atoms with Crippen LogP contribution < -0.4 is 14.4 Å². The minimum atomic E-state index is -1.15. The number of ether oxygens (including phenoxy) is 4. The summed E-state index contributed by atoms with van der Waals surface area (Å²) in [5.41, 5.74) is 2.12. The first-order valence-electron chi connectivity index (χ1n) is 10.7. The van der Waals surface area contributed by atoms with E-state index < -0.39 is 23.8 Å². The van der Waals surface area contributed by atoms with Crippen LogP contribution in [0.25, 0.3) is 11.0 Å². The van der Waals surface area contributed by atoms with Crippen LogP contribution in [-0.2, 0) is 19.1 Å². The van der Waals surface area contributed by atoms with Crippen LogP contribution in [0.2, 0.25) is 0 Å². The zero-order chi connectivity index (χ0) is 23.5. The Kier molecular flexibility index (Phi) is 6.50. The van der Waals surface area contributed by atoms with Crippen molar-refractivity contribution in [1.82, 2.24) is 9.55 Å². The van der Waals surface area contributed by atoms with Crippen molar-refractivity contribution in [3.8, 4) is 11.5 Å².